The molecule has 2 heterocycles. The minimum atomic E-state index is 0.279. The predicted molar refractivity (Wildman–Crippen MR) is 82.8 cm³/mol. The molecule has 2 rings (SSSR count). The van der Waals surface area contributed by atoms with Gasteiger partial charge >= 0.3 is 0 Å². The first-order chi connectivity index (χ1) is 9.51. The van der Waals surface area contributed by atoms with Crippen molar-refractivity contribution in [3.05, 3.63) is 11.4 Å². The van der Waals surface area contributed by atoms with E-state index in [9.17, 15) is 0 Å². The van der Waals surface area contributed by atoms with Crippen LogP contribution in [0.2, 0.25) is 0 Å². The van der Waals surface area contributed by atoms with Gasteiger partial charge in [-0.25, -0.2) is 15.8 Å². The summed E-state index contributed by atoms with van der Waals surface area (Å²) in [6.45, 7) is 9.44. The van der Waals surface area contributed by atoms with Crippen LogP contribution < -0.4 is 16.6 Å². The molecule has 0 aliphatic carbocycles. The van der Waals surface area contributed by atoms with Crippen LogP contribution in [0.15, 0.2) is 0 Å². The zero-order chi connectivity index (χ0) is 14.7. The van der Waals surface area contributed by atoms with Crippen molar-refractivity contribution in [2.45, 2.75) is 33.1 Å². The van der Waals surface area contributed by atoms with E-state index in [1.807, 2.05) is 6.92 Å². The summed E-state index contributed by atoms with van der Waals surface area (Å²) in [5.41, 5.74) is 3.64. The number of likely N-dealkylation sites (tertiary alicyclic amines) is 1. The third-order valence-corrected chi connectivity index (χ3v) is 3.86. The molecule has 6 heteroatoms. The van der Waals surface area contributed by atoms with Gasteiger partial charge in [-0.1, -0.05) is 13.8 Å². The number of hydrogen-bond donors (Lipinski definition) is 3. The first kappa shape index (κ1) is 15.0. The highest BCUT2D eigenvalue weighted by Crippen LogP contribution is 2.23. The van der Waals surface area contributed by atoms with Gasteiger partial charge < -0.3 is 15.6 Å². The molecule has 1 aliphatic heterocycles. The molecule has 0 saturated carbocycles. The number of nitrogens with two attached hydrogens (primary N) is 1. The summed E-state index contributed by atoms with van der Waals surface area (Å²) >= 11 is 0. The highest BCUT2D eigenvalue weighted by atomic mass is 15.3. The average molecular weight is 278 g/mol. The van der Waals surface area contributed by atoms with Crippen molar-refractivity contribution in [1.29, 1.82) is 0 Å². The standard InChI is InChI=1S/C14H26N6/c1-9(2)12-17-13(10(3)14(18-12)19-15)16-7-11-5-6-20(4)8-11/h9,11H,5-8,15H2,1-4H3,(H2,16,17,18,19). The second kappa shape index (κ2) is 6.37. The van der Waals surface area contributed by atoms with Crippen molar-refractivity contribution in [3.63, 3.8) is 0 Å². The van der Waals surface area contributed by atoms with Gasteiger partial charge in [0.15, 0.2) is 0 Å². The number of hydrogen-bond acceptors (Lipinski definition) is 6. The molecule has 0 spiro atoms. The Balaban J connectivity index is 2.11. The lowest BCUT2D eigenvalue weighted by molar-refractivity contribution is 0.399. The van der Waals surface area contributed by atoms with Gasteiger partial charge in [0, 0.05) is 24.6 Å². The van der Waals surface area contributed by atoms with Crippen molar-refractivity contribution in [3.8, 4) is 0 Å². The first-order valence-electron chi connectivity index (χ1n) is 7.28. The van der Waals surface area contributed by atoms with Crippen LogP contribution in [0.5, 0.6) is 0 Å². The van der Waals surface area contributed by atoms with Gasteiger partial charge in [-0.15, -0.1) is 0 Å². The Hall–Kier alpha value is -1.40. The quantitative estimate of drug-likeness (QED) is 0.560. The van der Waals surface area contributed by atoms with Crippen LogP contribution in [0.1, 0.15) is 37.6 Å². The molecule has 0 aromatic carbocycles. The monoisotopic (exact) mass is 278 g/mol. The van der Waals surface area contributed by atoms with E-state index in [1.165, 1.54) is 13.0 Å². The first-order valence-corrected chi connectivity index (χ1v) is 7.28. The lowest BCUT2D eigenvalue weighted by Crippen LogP contribution is -2.21. The van der Waals surface area contributed by atoms with Crippen LogP contribution in [0.4, 0.5) is 11.6 Å². The second-order valence-corrected chi connectivity index (χ2v) is 6.00. The molecule has 112 valence electrons. The van der Waals surface area contributed by atoms with Gasteiger partial charge in [-0.05, 0) is 32.9 Å². The Bertz CT molecular complexity index is 459. The van der Waals surface area contributed by atoms with Crippen molar-refractivity contribution in [2.24, 2.45) is 11.8 Å². The summed E-state index contributed by atoms with van der Waals surface area (Å²) in [6, 6.07) is 0. The number of nitrogens with zero attached hydrogens (tertiary/aromatic N) is 3. The Morgan fingerprint density at radius 3 is 2.60 bits per heavy atom. The van der Waals surface area contributed by atoms with Crippen molar-refractivity contribution < 1.29 is 0 Å². The third kappa shape index (κ3) is 3.37. The molecule has 0 bridgehead atoms. The fourth-order valence-corrected chi connectivity index (χ4v) is 2.54. The number of anilines is 2. The van der Waals surface area contributed by atoms with Crippen molar-refractivity contribution >= 4 is 11.6 Å². The summed E-state index contributed by atoms with van der Waals surface area (Å²) in [7, 11) is 2.17. The predicted octanol–water partition coefficient (Wildman–Crippen LogP) is 1.56. The van der Waals surface area contributed by atoms with E-state index in [0.717, 1.165) is 30.3 Å². The summed E-state index contributed by atoms with van der Waals surface area (Å²) in [6.07, 6.45) is 1.24. The molecule has 4 N–H and O–H groups in total. The normalized spacial score (nSPS) is 19.6. The van der Waals surface area contributed by atoms with Gasteiger partial charge in [0.05, 0.1) is 0 Å². The zero-order valence-electron chi connectivity index (χ0n) is 12.9. The van der Waals surface area contributed by atoms with Crippen molar-refractivity contribution in [1.82, 2.24) is 14.9 Å². The van der Waals surface area contributed by atoms with E-state index in [0.29, 0.717) is 11.7 Å². The molecular formula is C14H26N6. The zero-order valence-corrected chi connectivity index (χ0v) is 12.9. The third-order valence-electron chi connectivity index (χ3n) is 3.86. The van der Waals surface area contributed by atoms with Crippen LogP contribution in [-0.2, 0) is 0 Å². The Labute approximate surface area is 121 Å². The molecule has 1 aromatic heterocycles. The maximum absolute atomic E-state index is 5.55. The molecule has 1 unspecified atom stereocenters. The summed E-state index contributed by atoms with van der Waals surface area (Å²) in [5, 5.41) is 3.47. The SMILES string of the molecule is Cc1c(NN)nc(C(C)C)nc1NCC1CCN(C)C1. The van der Waals surface area contributed by atoms with E-state index < -0.39 is 0 Å². The highest BCUT2D eigenvalue weighted by Gasteiger charge is 2.20. The minimum Gasteiger partial charge on any atom is -0.369 e. The molecule has 1 atom stereocenters. The number of nitrogen functional groups attached to an aromatic ring is 1. The fourth-order valence-electron chi connectivity index (χ4n) is 2.54. The maximum atomic E-state index is 5.55. The number of nitrogens with one attached hydrogen (secondary N) is 2. The second-order valence-electron chi connectivity index (χ2n) is 6.00. The molecule has 1 fully saturated rings. The van der Waals surface area contributed by atoms with Gasteiger partial charge in [0.2, 0.25) is 0 Å². The Kier molecular flexibility index (Phi) is 4.77. The van der Waals surface area contributed by atoms with Crippen molar-refractivity contribution in [2.75, 3.05) is 37.4 Å². The van der Waals surface area contributed by atoms with Crippen LogP contribution >= 0.6 is 0 Å². The van der Waals surface area contributed by atoms with Crippen LogP contribution in [0.25, 0.3) is 0 Å². The average Bonchev–Trinajstić information content (AvgIpc) is 2.83. The molecule has 20 heavy (non-hydrogen) atoms. The van der Waals surface area contributed by atoms with E-state index in [2.05, 4.69) is 46.5 Å². The maximum Gasteiger partial charge on any atom is 0.148 e. The summed E-state index contributed by atoms with van der Waals surface area (Å²) in [4.78, 5) is 11.4. The van der Waals surface area contributed by atoms with Crippen LogP contribution in [0.3, 0.4) is 0 Å². The Morgan fingerprint density at radius 1 is 1.35 bits per heavy atom. The van der Waals surface area contributed by atoms with Gasteiger partial charge in [0.25, 0.3) is 0 Å². The Morgan fingerprint density at radius 2 is 2.05 bits per heavy atom. The molecule has 1 aromatic rings. The van der Waals surface area contributed by atoms with Crippen LogP contribution in [-0.4, -0.2) is 41.5 Å². The fraction of sp³-hybridized carbons (Fsp3) is 0.714. The topological polar surface area (TPSA) is 79.1 Å². The minimum absolute atomic E-state index is 0.279. The largest absolute Gasteiger partial charge is 0.369 e. The molecular weight excluding hydrogens is 252 g/mol. The van der Waals surface area contributed by atoms with Gasteiger partial charge in [-0.3, -0.25) is 0 Å². The van der Waals surface area contributed by atoms with Gasteiger partial charge in [-0.2, -0.15) is 0 Å². The number of aromatic nitrogens is 2. The van der Waals surface area contributed by atoms with E-state index in [1.54, 1.807) is 0 Å². The molecule has 0 radical (unpaired) electrons. The van der Waals surface area contributed by atoms with E-state index in [-0.39, 0.29) is 5.92 Å². The summed E-state index contributed by atoms with van der Waals surface area (Å²) < 4.78 is 0. The smallest absolute Gasteiger partial charge is 0.148 e. The number of rotatable bonds is 5. The van der Waals surface area contributed by atoms with Gasteiger partial charge in [0.1, 0.15) is 17.5 Å². The molecule has 6 nitrogen and oxygen atoms in total. The number of hydrazine groups is 1. The molecule has 0 amide bonds. The molecule has 1 aliphatic rings. The summed E-state index contributed by atoms with van der Waals surface area (Å²) in [5.74, 6) is 8.93. The van der Waals surface area contributed by atoms with Crippen LogP contribution in [0, 0.1) is 12.8 Å². The van der Waals surface area contributed by atoms with E-state index in [4.69, 9.17) is 5.84 Å². The lowest BCUT2D eigenvalue weighted by Gasteiger charge is -2.17. The molecule has 1 saturated heterocycles. The highest BCUT2D eigenvalue weighted by molar-refractivity contribution is 5.56. The van der Waals surface area contributed by atoms with E-state index >= 15 is 0 Å². The lowest BCUT2D eigenvalue weighted by atomic mass is 10.1.